The van der Waals surface area contributed by atoms with E-state index in [4.69, 9.17) is 27.9 Å². The summed E-state index contributed by atoms with van der Waals surface area (Å²) < 4.78 is 5.25. The Labute approximate surface area is 162 Å². The summed E-state index contributed by atoms with van der Waals surface area (Å²) in [6, 6.07) is 10.1. The molecule has 2 aromatic carbocycles. The Morgan fingerprint density at radius 1 is 0.962 bits per heavy atom. The van der Waals surface area contributed by atoms with Gasteiger partial charge in [0.05, 0.1) is 23.5 Å². The van der Waals surface area contributed by atoms with Gasteiger partial charge >= 0.3 is 0 Å². The van der Waals surface area contributed by atoms with Crippen LogP contribution in [0.15, 0.2) is 36.4 Å². The van der Waals surface area contributed by atoms with Crippen LogP contribution >= 0.6 is 23.2 Å². The molecule has 0 unspecified atom stereocenters. The largest absolute Gasteiger partial charge is 0.495 e. The van der Waals surface area contributed by atoms with Crippen molar-refractivity contribution >= 4 is 46.4 Å². The van der Waals surface area contributed by atoms with Gasteiger partial charge in [0.2, 0.25) is 11.8 Å². The summed E-state index contributed by atoms with van der Waals surface area (Å²) in [7, 11) is 1.51. The summed E-state index contributed by atoms with van der Waals surface area (Å²) in [5, 5.41) is 6.16. The van der Waals surface area contributed by atoms with E-state index in [2.05, 4.69) is 10.6 Å². The second-order valence-corrected chi connectivity index (χ2v) is 7.20. The fourth-order valence-corrected chi connectivity index (χ4v) is 2.51. The van der Waals surface area contributed by atoms with Crippen molar-refractivity contribution in [1.29, 1.82) is 0 Å². The van der Waals surface area contributed by atoms with Gasteiger partial charge in [0, 0.05) is 5.02 Å². The van der Waals surface area contributed by atoms with Gasteiger partial charge in [-0.05, 0) is 56.7 Å². The van der Waals surface area contributed by atoms with Crippen molar-refractivity contribution < 1.29 is 14.3 Å². The number of halogens is 2. The second-order valence-electron chi connectivity index (χ2n) is 6.36. The van der Waals surface area contributed by atoms with E-state index in [1.54, 1.807) is 24.3 Å². The number of carbonyl (C=O) groups excluding carboxylic acids is 2. The third-order valence-corrected chi connectivity index (χ3v) is 4.48. The zero-order chi connectivity index (χ0) is 19.5. The molecule has 0 saturated heterocycles. The molecule has 0 aliphatic carbocycles. The normalized spacial score (nSPS) is 11.0. The molecule has 2 rings (SSSR count). The summed E-state index contributed by atoms with van der Waals surface area (Å²) in [6.07, 6.45) is 0. The minimum atomic E-state index is -1.36. The van der Waals surface area contributed by atoms with Crippen molar-refractivity contribution in [2.75, 3.05) is 17.7 Å². The third-order valence-electron chi connectivity index (χ3n) is 3.92. The Balaban J connectivity index is 2.20. The van der Waals surface area contributed by atoms with Crippen LogP contribution in [0.1, 0.15) is 19.4 Å². The lowest BCUT2D eigenvalue weighted by molar-refractivity contribution is -0.135. The van der Waals surface area contributed by atoms with E-state index in [1.807, 2.05) is 13.0 Å². The van der Waals surface area contributed by atoms with Crippen molar-refractivity contribution in [1.82, 2.24) is 0 Å². The molecule has 0 heterocycles. The van der Waals surface area contributed by atoms with Crippen LogP contribution in [0.4, 0.5) is 11.4 Å². The van der Waals surface area contributed by atoms with Crippen LogP contribution in [0, 0.1) is 12.3 Å². The maximum absolute atomic E-state index is 12.7. The number of methoxy groups -OCH3 is 1. The van der Waals surface area contributed by atoms with Gasteiger partial charge in [-0.2, -0.15) is 0 Å². The number of anilines is 2. The van der Waals surface area contributed by atoms with Gasteiger partial charge in [-0.25, -0.2) is 0 Å². The summed E-state index contributed by atoms with van der Waals surface area (Å²) in [6.45, 7) is 4.95. The molecule has 7 heteroatoms. The number of hydrogen-bond donors (Lipinski definition) is 2. The molecule has 2 aromatic rings. The molecule has 0 atom stereocenters. The number of benzene rings is 2. The molecule has 0 aliphatic rings. The first-order valence-corrected chi connectivity index (χ1v) is 8.63. The zero-order valence-electron chi connectivity index (χ0n) is 14.9. The Morgan fingerprint density at radius 2 is 1.58 bits per heavy atom. The average molecular weight is 395 g/mol. The van der Waals surface area contributed by atoms with E-state index < -0.39 is 17.2 Å². The summed E-state index contributed by atoms with van der Waals surface area (Å²) >= 11 is 12.0. The summed E-state index contributed by atoms with van der Waals surface area (Å²) in [5.41, 5.74) is 0.437. The number of nitrogens with one attached hydrogen (secondary N) is 2. The summed E-state index contributed by atoms with van der Waals surface area (Å²) in [5.74, 6) is -0.471. The van der Waals surface area contributed by atoms with Crippen LogP contribution in [0.3, 0.4) is 0 Å². The molecule has 0 radical (unpaired) electrons. The van der Waals surface area contributed by atoms with Crippen molar-refractivity contribution in [3.8, 4) is 5.75 Å². The van der Waals surface area contributed by atoms with Gasteiger partial charge in [-0.1, -0.05) is 29.3 Å². The molecule has 2 amide bonds. The number of amides is 2. The van der Waals surface area contributed by atoms with E-state index >= 15 is 0 Å². The predicted molar refractivity (Wildman–Crippen MR) is 105 cm³/mol. The van der Waals surface area contributed by atoms with Gasteiger partial charge in [-0.3, -0.25) is 9.59 Å². The lowest BCUT2D eigenvalue weighted by atomic mass is 9.90. The van der Waals surface area contributed by atoms with Crippen LogP contribution in [0.25, 0.3) is 0 Å². The molecule has 138 valence electrons. The lowest BCUT2D eigenvalue weighted by Gasteiger charge is -2.23. The van der Waals surface area contributed by atoms with E-state index in [1.165, 1.54) is 27.0 Å². The Hall–Kier alpha value is -2.24. The molecule has 0 aromatic heterocycles. The van der Waals surface area contributed by atoms with Gasteiger partial charge < -0.3 is 15.4 Å². The van der Waals surface area contributed by atoms with Crippen molar-refractivity contribution in [3.63, 3.8) is 0 Å². The smallest absolute Gasteiger partial charge is 0.239 e. The highest BCUT2D eigenvalue weighted by molar-refractivity contribution is 6.36. The van der Waals surface area contributed by atoms with Crippen LogP contribution in [0.2, 0.25) is 10.0 Å². The number of hydrogen-bond acceptors (Lipinski definition) is 3. The SMILES string of the molecule is COc1ccc(C)cc1NC(=O)C(C)(C)C(=O)Nc1cc(Cl)ccc1Cl. The predicted octanol–water partition coefficient (Wildman–Crippen LogP) is 4.91. The van der Waals surface area contributed by atoms with Gasteiger partial charge in [0.15, 0.2) is 0 Å². The van der Waals surface area contributed by atoms with Crippen LogP contribution in [-0.4, -0.2) is 18.9 Å². The minimum absolute atomic E-state index is 0.333. The van der Waals surface area contributed by atoms with E-state index in [9.17, 15) is 9.59 Å². The van der Waals surface area contributed by atoms with Crippen LogP contribution in [0.5, 0.6) is 5.75 Å². The van der Waals surface area contributed by atoms with E-state index in [0.717, 1.165) is 5.56 Å². The van der Waals surface area contributed by atoms with Crippen molar-refractivity contribution in [2.24, 2.45) is 5.41 Å². The second kappa shape index (κ2) is 7.98. The first-order valence-electron chi connectivity index (χ1n) is 7.87. The van der Waals surface area contributed by atoms with E-state index in [0.29, 0.717) is 27.2 Å². The maximum Gasteiger partial charge on any atom is 0.239 e. The molecule has 0 fully saturated rings. The lowest BCUT2D eigenvalue weighted by Crippen LogP contribution is -2.41. The van der Waals surface area contributed by atoms with E-state index in [-0.39, 0.29) is 0 Å². The summed E-state index contributed by atoms with van der Waals surface area (Å²) in [4.78, 5) is 25.4. The van der Waals surface area contributed by atoms with Crippen LogP contribution < -0.4 is 15.4 Å². The van der Waals surface area contributed by atoms with Gasteiger partial charge in [0.25, 0.3) is 0 Å². The molecule has 0 bridgehead atoms. The first kappa shape index (κ1) is 20.1. The first-order chi connectivity index (χ1) is 12.1. The Morgan fingerprint density at radius 3 is 2.19 bits per heavy atom. The molecular formula is C19H20Cl2N2O3. The molecule has 0 aliphatic heterocycles. The van der Waals surface area contributed by atoms with Gasteiger partial charge in [0.1, 0.15) is 11.2 Å². The van der Waals surface area contributed by atoms with Gasteiger partial charge in [-0.15, -0.1) is 0 Å². The maximum atomic E-state index is 12.7. The highest BCUT2D eigenvalue weighted by Crippen LogP contribution is 2.30. The number of carbonyl (C=O) groups is 2. The van der Waals surface area contributed by atoms with Crippen molar-refractivity contribution in [3.05, 3.63) is 52.0 Å². The molecule has 0 saturated carbocycles. The van der Waals surface area contributed by atoms with Crippen molar-refractivity contribution in [2.45, 2.75) is 20.8 Å². The number of rotatable bonds is 5. The number of ether oxygens (including phenoxy) is 1. The Bertz CT molecular complexity index is 851. The number of aryl methyl sites for hydroxylation is 1. The average Bonchev–Trinajstić information content (AvgIpc) is 2.58. The molecule has 0 spiro atoms. The minimum Gasteiger partial charge on any atom is -0.495 e. The molecule has 2 N–H and O–H groups in total. The van der Waals surface area contributed by atoms with Crippen LogP contribution in [-0.2, 0) is 9.59 Å². The molecule has 5 nitrogen and oxygen atoms in total. The monoisotopic (exact) mass is 394 g/mol. The molecule has 26 heavy (non-hydrogen) atoms. The quantitative estimate of drug-likeness (QED) is 0.707. The highest BCUT2D eigenvalue weighted by atomic mass is 35.5. The third kappa shape index (κ3) is 4.48. The Kier molecular flexibility index (Phi) is 6.16. The zero-order valence-corrected chi connectivity index (χ0v) is 16.5. The standard InChI is InChI=1S/C19H20Cl2N2O3/c1-11-5-8-16(26-4)15(9-11)23-18(25)19(2,3)17(24)22-14-10-12(20)6-7-13(14)21/h5-10H,1-4H3,(H,22,24)(H,23,25). The topological polar surface area (TPSA) is 67.4 Å². The fourth-order valence-electron chi connectivity index (χ4n) is 2.17. The highest BCUT2D eigenvalue weighted by Gasteiger charge is 2.37. The fraction of sp³-hybridized carbons (Fsp3) is 0.263. The molecular weight excluding hydrogens is 375 g/mol.